The summed E-state index contributed by atoms with van der Waals surface area (Å²) in [6.45, 7) is 2.54. The minimum atomic E-state index is -0.235. The molecule has 1 N–H and O–H groups in total. The van der Waals surface area contributed by atoms with Gasteiger partial charge >= 0.3 is 0 Å². The summed E-state index contributed by atoms with van der Waals surface area (Å²) >= 11 is 1.43. The molecule has 0 radical (unpaired) electrons. The highest BCUT2D eigenvalue weighted by atomic mass is 32.1. The average molecular weight is 340 g/mol. The molecule has 2 heterocycles. The predicted molar refractivity (Wildman–Crippen MR) is 93.1 cm³/mol. The van der Waals surface area contributed by atoms with E-state index >= 15 is 0 Å². The summed E-state index contributed by atoms with van der Waals surface area (Å²) in [6, 6.07) is 11.0. The Kier molecular flexibility index (Phi) is 4.81. The number of aryl methyl sites for hydroxylation is 1. The minimum absolute atomic E-state index is 0.150. The van der Waals surface area contributed by atoms with Gasteiger partial charge in [-0.25, -0.2) is 9.97 Å². The van der Waals surface area contributed by atoms with Crippen LogP contribution < -0.4 is 10.9 Å². The molecule has 0 saturated carbocycles. The molecular formula is C17H16N4O2S. The molecule has 0 saturated heterocycles. The Labute approximate surface area is 142 Å². The number of carbonyl (C=O) groups is 1. The van der Waals surface area contributed by atoms with Crippen LogP contribution in [0.25, 0.3) is 11.3 Å². The van der Waals surface area contributed by atoms with Gasteiger partial charge in [0.15, 0.2) is 0 Å². The van der Waals surface area contributed by atoms with E-state index in [1.54, 1.807) is 5.38 Å². The van der Waals surface area contributed by atoms with E-state index in [-0.39, 0.29) is 11.5 Å². The van der Waals surface area contributed by atoms with Crippen molar-refractivity contribution < 1.29 is 4.79 Å². The Hall–Kier alpha value is -2.80. The van der Waals surface area contributed by atoms with Gasteiger partial charge in [0.1, 0.15) is 5.69 Å². The molecule has 0 aliphatic rings. The number of rotatable bonds is 5. The quantitative estimate of drug-likeness (QED) is 0.772. The highest BCUT2D eigenvalue weighted by molar-refractivity contribution is 7.09. The van der Waals surface area contributed by atoms with Gasteiger partial charge in [-0.3, -0.25) is 14.2 Å². The number of nitrogens with zero attached hydrogens (tertiary/aromatic N) is 3. The van der Waals surface area contributed by atoms with Gasteiger partial charge < -0.3 is 5.32 Å². The monoisotopic (exact) mass is 340 g/mol. The van der Waals surface area contributed by atoms with Crippen LogP contribution in [0.4, 0.5) is 0 Å². The van der Waals surface area contributed by atoms with Crippen LogP contribution in [0.2, 0.25) is 0 Å². The zero-order valence-corrected chi connectivity index (χ0v) is 13.9. The molecule has 6 nitrogen and oxygen atoms in total. The molecule has 2 aromatic heterocycles. The zero-order valence-electron chi connectivity index (χ0n) is 13.1. The molecule has 0 spiro atoms. The smallest absolute Gasteiger partial charge is 0.270 e. The van der Waals surface area contributed by atoms with Crippen molar-refractivity contribution >= 4 is 17.2 Å². The second kappa shape index (κ2) is 7.18. The molecular weight excluding hydrogens is 324 g/mol. The molecule has 3 rings (SSSR count). The van der Waals surface area contributed by atoms with Crippen LogP contribution in [0.3, 0.4) is 0 Å². The third kappa shape index (κ3) is 3.75. The van der Waals surface area contributed by atoms with Crippen LogP contribution >= 0.6 is 11.3 Å². The number of carbonyl (C=O) groups excluding carboxylic acids is 1. The maximum atomic E-state index is 12.2. The number of hydrogen-bond donors (Lipinski definition) is 1. The normalized spacial score (nSPS) is 10.5. The van der Waals surface area contributed by atoms with Gasteiger partial charge in [0.2, 0.25) is 0 Å². The Morgan fingerprint density at radius 3 is 2.75 bits per heavy atom. The van der Waals surface area contributed by atoms with Gasteiger partial charge in [-0.05, 0) is 6.92 Å². The van der Waals surface area contributed by atoms with Crippen molar-refractivity contribution in [1.29, 1.82) is 0 Å². The molecule has 24 heavy (non-hydrogen) atoms. The highest BCUT2D eigenvalue weighted by Gasteiger charge is 2.09. The molecule has 7 heteroatoms. The van der Waals surface area contributed by atoms with Crippen LogP contribution in [0.15, 0.2) is 52.9 Å². The minimum Gasteiger partial charge on any atom is -0.349 e. The van der Waals surface area contributed by atoms with E-state index < -0.39 is 0 Å². The summed E-state index contributed by atoms with van der Waals surface area (Å²) in [6.07, 6.45) is 1.50. The van der Waals surface area contributed by atoms with E-state index in [9.17, 15) is 9.59 Å². The summed E-state index contributed by atoms with van der Waals surface area (Å²) in [5, 5.41) is 5.31. The van der Waals surface area contributed by atoms with Gasteiger partial charge in [-0.2, -0.15) is 0 Å². The summed E-state index contributed by atoms with van der Waals surface area (Å²) < 4.78 is 1.47. The van der Waals surface area contributed by atoms with Crippen molar-refractivity contribution in [2.75, 3.05) is 6.54 Å². The zero-order chi connectivity index (χ0) is 16.9. The van der Waals surface area contributed by atoms with Crippen molar-refractivity contribution in [3.8, 4) is 11.3 Å². The number of aromatic nitrogens is 3. The average Bonchev–Trinajstić information content (AvgIpc) is 3.03. The maximum Gasteiger partial charge on any atom is 0.270 e. The van der Waals surface area contributed by atoms with E-state index in [4.69, 9.17) is 0 Å². The van der Waals surface area contributed by atoms with Gasteiger partial charge in [0, 0.05) is 30.1 Å². The Morgan fingerprint density at radius 2 is 2.08 bits per heavy atom. The van der Waals surface area contributed by atoms with E-state index in [1.807, 2.05) is 37.3 Å². The van der Waals surface area contributed by atoms with Crippen LogP contribution in [-0.4, -0.2) is 27.0 Å². The first-order valence-electron chi connectivity index (χ1n) is 7.46. The number of thiazole rings is 1. The number of nitrogens with one attached hydrogen (secondary N) is 1. The number of benzene rings is 1. The van der Waals surface area contributed by atoms with Crippen molar-refractivity contribution in [2.45, 2.75) is 13.5 Å². The van der Waals surface area contributed by atoms with Crippen LogP contribution in [-0.2, 0) is 6.54 Å². The standard InChI is InChI=1S/C17H16N4O2S/c1-12-20-15(10-24-12)17(23)18-7-8-21-11-19-14(9-16(21)22)13-5-3-2-4-6-13/h2-6,9-11H,7-8H2,1H3,(H,18,23). The van der Waals surface area contributed by atoms with Crippen molar-refractivity contribution in [3.63, 3.8) is 0 Å². The summed E-state index contributed by atoms with van der Waals surface area (Å²) in [7, 11) is 0. The van der Waals surface area contributed by atoms with E-state index in [2.05, 4.69) is 15.3 Å². The van der Waals surface area contributed by atoms with E-state index in [0.717, 1.165) is 10.6 Å². The van der Waals surface area contributed by atoms with Crippen molar-refractivity contribution in [2.24, 2.45) is 0 Å². The Balaban J connectivity index is 1.62. The fourth-order valence-corrected chi connectivity index (χ4v) is 2.80. The molecule has 3 aromatic rings. The largest absolute Gasteiger partial charge is 0.349 e. The molecule has 122 valence electrons. The lowest BCUT2D eigenvalue weighted by molar-refractivity contribution is 0.0947. The van der Waals surface area contributed by atoms with Gasteiger partial charge in [-0.1, -0.05) is 30.3 Å². The first-order chi connectivity index (χ1) is 11.6. The molecule has 0 aliphatic carbocycles. The molecule has 1 aromatic carbocycles. The van der Waals surface area contributed by atoms with E-state index in [1.165, 1.54) is 28.3 Å². The first kappa shape index (κ1) is 16.1. The molecule has 0 bridgehead atoms. The van der Waals surface area contributed by atoms with Crippen LogP contribution in [0.1, 0.15) is 15.5 Å². The molecule has 1 amide bonds. The van der Waals surface area contributed by atoms with Crippen LogP contribution in [0, 0.1) is 6.92 Å². The lowest BCUT2D eigenvalue weighted by Gasteiger charge is -2.07. The van der Waals surface area contributed by atoms with Gasteiger partial charge in [0.05, 0.1) is 17.0 Å². The predicted octanol–water partition coefficient (Wildman–Crippen LogP) is 2.11. The lowest BCUT2D eigenvalue weighted by Crippen LogP contribution is -2.31. The molecule has 0 atom stereocenters. The summed E-state index contributed by atoms with van der Waals surface area (Å²) in [4.78, 5) is 32.5. The third-order valence-electron chi connectivity index (χ3n) is 3.44. The van der Waals surface area contributed by atoms with Gasteiger partial charge in [-0.15, -0.1) is 11.3 Å². The second-order valence-corrected chi connectivity index (χ2v) is 6.24. The second-order valence-electron chi connectivity index (χ2n) is 5.18. The SMILES string of the molecule is Cc1nc(C(=O)NCCn2cnc(-c3ccccc3)cc2=O)cs1. The van der Waals surface area contributed by atoms with Gasteiger partial charge in [0.25, 0.3) is 11.5 Å². The number of hydrogen-bond acceptors (Lipinski definition) is 5. The fourth-order valence-electron chi connectivity index (χ4n) is 2.21. The highest BCUT2D eigenvalue weighted by Crippen LogP contribution is 2.13. The topological polar surface area (TPSA) is 76.9 Å². The third-order valence-corrected chi connectivity index (χ3v) is 4.21. The Bertz CT molecular complexity index is 902. The molecule has 0 aliphatic heterocycles. The molecule has 0 unspecified atom stereocenters. The summed E-state index contributed by atoms with van der Waals surface area (Å²) in [5.41, 5.74) is 1.79. The van der Waals surface area contributed by atoms with Crippen molar-refractivity contribution in [1.82, 2.24) is 19.9 Å². The first-order valence-corrected chi connectivity index (χ1v) is 8.34. The Morgan fingerprint density at radius 1 is 1.29 bits per heavy atom. The maximum absolute atomic E-state index is 12.2. The van der Waals surface area contributed by atoms with Crippen molar-refractivity contribution in [3.05, 3.63) is 69.2 Å². The summed E-state index contributed by atoms with van der Waals surface area (Å²) in [5.74, 6) is -0.235. The molecule has 0 fully saturated rings. The number of amides is 1. The fraction of sp³-hybridized carbons (Fsp3) is 0.176. The van der Waals surface area contributed by atoms with Crippen LogP contribution in [0.5, 0.6) is 0 Å². The lowest BCUT2D eigenvalue weighted by atomic mass is 10.1. The van der Waals surface area contributed by atoms with E-state index in [0.29, 0.717) is 24.5 Å².